The van der Waals surface area contributed by atoms with Crippen molar-refractivity contribution in [3.63, 3.8) is 0 Å². The van der Waals surface area contributed by atoms with Gasteiger partial charge >= 0.3 is 5.97 Å². The van der Waals surface area contributed by atoms with Gasteiger partial charge in [-0.3, -0.25) is 4.79 Å². The summed E-state index contributed by atoms with van der Waals surface area (Å²) in [4.78, 5) is 24.2. The number of methoxy groups -OCH3 is 1. The number of carbonyl (C=O) groups is 2. The van der Waals surface area contributed by atoms with Crippen LogP contribution in [0.4, 0.5) is 11.4 Å². The molecule has 2 aromatic carbocycles. The molecule has 0 radical (unpaired) electrons. The van der Waals surface area contributed by atoms with Crippen LogP contribution in [0.25, 0.3) is 0 Å². The molecule has 0 bridgehead atoms. The second-order valence-electron chi connectivity index (χ2n) is 5.68. The summed E-state index contributed by atoms with van der Waals surface area (Å²) >= 11 is 6.24. The highest BCUT2D eigenvalue weighted by Gasteiger charge is 2.16. The molecule has 0 aliphatic rings. The number of nitrogens with one attached hydrogen (secondary N) is 1. The normalized spacial score (nSPS) is 11.7. The molecule has 0 heterocycles. The number of halogens is 1. The molecule has 152 valence electrons. The minimum absolute atomic E-state index is 0.121. The number of ether oxygens (including phenoxy) is 2. The van der Waals surface area contributed by atoms with Crippen LogP contribution in [0.5, 0.6) is 5.75 Å². The van der Waals surface area contributed by atoms with Gasteiger partial charge in [0.15, 0.2) is 0 Å². The van der Waals surface area contributed by atoms with Crippen molar-refractivity contribution in [1.29, 1.82) is 0 Å². The number of aliphatic hydroxyl groups is 1. The van der Waals surface area contributed by atoms with Gasteiger partial charge in [-0.2, -0.15) is 0 Å². The number of rotatable bonds is 7. The van der Waals surface area contributed by atoms with Gasteiger partial charge < -0.3 is 19.9 Å². The first-order valence-corrected chi connectivity index (χ1v) is 8.97. The Morgan fingerprint density at radius 3 is 2.48 bits per heavy atom. The number of carbonyl (C=O) groups excluding carboxylic acids is 2. The Labute approximate surface area is 172 Å². The minimum Gasteiger partial charge on any atom is -0.510 e. The van der Waals surface area contributed by atoms with Crippen LogP contribution < -0.4 is 10.1 Å². The largest absolute Gasteiger partial charge is 0.510 e. The van der Waals surface area contributed by atoms with Crippen molar-refractivity contribution >= 4 is 34.9 Å². The Hall–Kier alpha value is -3.39. The Kier molecular flexibility index (Phi) is 7.73. The third kappa shape index (κ3) is 5.79. The maximum absolute atomic E-state index is 12.4. The van der Waals surface area contributed by atoms with Crippen LogP contribution in [0.1, 0.15) is 24.2 Å². The predicted molar refractivity (Wildman–Crippen MR) is 109 cm³/mol. The summed E-state index contributed by atoms with van der Waals surface area (Å²) in [5, 5.41) is 20.1. The lowest BCUT2D eigenvalue weighted by Gasteiger charge is -2.12. The van der Waals surface area contributed by atoms with E-state index in [0.29, 0.717) is 11.3 Å². The Morgan fingerprint density at radius 1 is 1.21 bits per heavy atom. The van der Waals surface area contributed by atoms with Crippen molar-refractivity contribution < 1.29 is 24.2 Å². The molecule has 0 spiro atoms. The molecule has 0 unspecified atom stereocenters. The van der Waals surface area contributed by atoms with Crippen LogP contribution >= 0.6 is 11.6 Å². The molecule has 0 aliphatic heterocycles. The van der Waals surface area contributed by atoms with Gasteiger partial charge in [-0.15, -0.1) is 10.2 Å². The van der Waals surface area contributed by atoms with Gasteiger partial charge in [0.05, 0.1) is 24.4 Å². The third-order valence-electron chi connectivity index (χ3n) is 3.62. The second-order valence-corrected chi connectivity index (χ2v) is 6.09. The molecule has 1 amide bonds. The first-order valence-electron chi connectivity index (χ1n) is 8.60. The molecular formula is C20H20ClN3O5. The van der Waals surface area contributed by atoms with E-state index in [-0.39, 0.29) is 40.4 Å². The van der Waals surface area contributed by atoms with E-state index in [1.807, 2.05) is 0 Å². The highest BCUT2D eigenvalue weighted by Crippen LogP contribution is 2.37. The number of benzene rings is 2. The van der Waals surface area contributed by atoms with Crippen molar-refractivity contribution in [2.24, 2.45) is 10.2 Å². The number of nitrogens with zero attached hydrogens (tertiary/aromatic N) is 2. The van der Waals surface area contributed by atoms with Gasteiger partial charge in [0.1, 0.15) is 17.2 Å². The molecule has 8 nitrogen and oxygen atoms in total. The van der Waals surface area contributed by atoms with Crippen LogP contribution in [0.2, 0.25) is 5.02 Å². The number of aliphatic hydroxyl groups excluding tert-OH is 1. The molecule has 0 aliphatic carbocycles. The van der Waals surface area contributed by atoms with Crippen LogP contribution in [0, 0.1) is 0 Å². The van der Waals surface area contributed by atoms with Gasteiger partial charge in [0, 0.05) is 11.6 Å². The van der Waals surface area contributed by atoms with E-state index >= 15 is 0 Å². The molecule has 0 fully saturated rings. The van der Waals surface area contributed by atoms with Crippen LogP contribution in [-0.4, -0.2) is 30.7 Å². The zero-order valence-corrected chi connectivity index (χ0v) is 16.9. The smallest absolute Gasteiger partial charge is 0.362 e. The maximum Gasteiger partial charge on any atom is 0.362 e. The number of allylic oxidation sites excluding steroid dienone is 1. The quantitative estimate of drug-likeness (QED) is 0.284. The molecule has 9 heteroatoms. The number of hydrogen-bond acceptors (Lipinski definition) is 7. The zero-order chi connectivity index (χ0) is 21.4. The van der Waals surface area contributed by atoms with E-state index in [0.717, 1.165) is 0 Å². The predicted octanol–water partition coefficient (Wildman–Crippen LogP) is 5.04. The summed E-state index contributed by atoms with van der Waals surface area (Å²) in [6.07, 6.45) is 0. The summed E-state index contributed by atoms with van der Waals surface area (Å²) < 4.78 is 10.1. The molecular weight excluding hydrogens is 398 g/mol. The molecule has 2 rings (SSSR count). The average molecular weight is 418 g/mol. The minimum atomic E-state index is -0.814. The van der Waals surface area contributed by atoms with Crippen molar-refractivity contribution in [1.82, 2.24) is 0 Å². The van der Waals surface area contributed by atoms with Crippen molar-refractivity contribution in [3.8, 4) is 5.75 Å². The van der Waals surface area contributed by atoms with Crippen LogP contribution in [0.15, 0.2) is 64.1 Å². The highest BCUT2D eigenvalue weighted by molar-refractivity contribution is 6.33. The van der Waals surface area contributed by atoms with Gasteiger partial charge in [0.2, 0.25) is 5.70 Å². The van der Waals surface area contributed by atoms with E-state index in [1.54, 1.807) is 37.3 Å². The lowest BCUT2D eigenvalue weighted by Crippen LogP contribution is -2.12. The fraction of sp³-hybridized carbons (Fsp3) is 0.200. The van der Waals surface area contributed by atoms with E-state index in [4.69, 9.17) is 21.1 Å². The first kappa shape index (κ1) is 21.9. The van der Waals surface area contributed by atoms with Crippen LogP contribution in [-0.2, 0) is 9.53 Å². The third-order valence-corrected chi connectivity index (χ3v) is 3.93. The average Bonchev–Trinajstić information content (AvgIpc) is 2.70. The van der Waals surface area contributed by atoms with Gasteiger partial charge in [-0.25, -0.2) is 4.79 Å². The second kappa shape index (κ2) is 10.2. The Bertz CT molecular complexity index is 954. The topological polar surface area (TPSA) is 110 Å². The number of azo groups is 1. The summed E-state index contributed by atoms with van der Waals surface area (Å²) in [6, 6.07) is 11.6. The number of anilines is 1. The fourth-order valence-electron chi connectivity index (χ4n) is 2.23. The Morgan fingerprint density at radius 2 is 1.90 bits per heavy atom. The summed E-state index contributed by atoms with van der Waals surface area (Å²) in [5.74, 6) is -1.21. The summed E-state index contributed by atoms with van der Waals surface area (Å²) in [7, 11) is 1.42. The highest BCUT2D eigenvalue weighted by atomic mass is 35.5. The molecule has 2 aromatic rings. The molecule has 0 aromatic heterocycles. The standard InChI is InChI=1S/C20H20ClN3O5/c1-4-29-20(27)18(12(2)25)24-23-15-11-17(28-3)16(10-14(15)21)22-19(26)13-8-6-5-7-9-13/h5-11,25H,4H2,1-3H3,(H,22,26). The molecule has 2 N–H and O–H groups in total. The van der Waals surface area contributed by atoms with E-state index in [2.05, 4.69) is 15.5 Å². The summed E-state index contributed by atoms with van der Waals surface area (Å²) in [6.45, 7) is 3.04. The van der Waals surface area contributed by atoms with Crippen molar-refractivity contribution in [2.75, 3.05) is 19.0 Å². The monoisotopic (exact) mass is 417 g/mol. The fourth-order valence-corrected chi connectivity index (χ4v) is 2.44. The van der Waals surface area contributed by atoms with Gasteiger partial charge in [-0.1, -0.05) is 29.8 Å². The van der Waals surface area contributed by atoms with E-state index in [1.165, 1.54) is 26.2 Å². The maximum atomic E-state index is 12.4. The van der Waals surface area contributed by atoms with Crippen LogP contribution in [0.3, 0.4) is 0 Å². The summed E-state index contributed by atoms with van der Waals surface area (Å²) in [5.41, 5.74) is 0.634. The number of esters is 1. The molecule has 0 saturated carbocycles. The SMILES string of the molecule is CCOC(=O)C(N=Nc1cc(OC)c(NC(=O)c2ccccc2)cc1Cl)=C(C)O. The number of amides is 1. The Balaban J connectivity index is 2.31. The first-order chi connectivity index (χ1) is 13.9. The lowest BCUT2D eigenvalue weighted by atomic mass is 10.2. The van der Waals surface area contributed by atoms with E-state index in [9.17, 15) is 14.7 Å². The van der Waals surface area contributed by atoms with Crippen molar-refractivity contribution in [2.45, 2.75) is 13.8 Å². The van der Waals surface area contributed by atoms with E-state index < -0.39 is 5.97 Å². The van der Waals surface area contributed by atoms with Crippen molar-refractivity contribution in [3.05, 3.63) is 64.5 Å². The molecule has 0 saturated heterocycles. The van der Waals surface area contributed by atoms with Gasteiger partial charge in [-0.05, 0) is 32.0 Å². The lowest BCUT2D eigenvalue weighted by molar-refractivity contribution is -0.138. The molecule has 0 atom stereocenters. The number of hydrogen-bond donors (Lipinski definition) is 2. The molecule has 29 heavy (non-hydrogen) atoms. The zero-order valence-electron chi connectivity index (χ0n) is 16.1. The van der Waals surface area contributed by atoms with Gasteiger partial charge in [0.25, 0.3) is 5.91 Å².